The summed E-state index contributed by atoms with van der Waals surface area (Å²) in [5, 5.41) is 2.70. The van der Waals surface area contributed by atoms with Gasteiger partial charge in [-0.15, -0.1) is 0 Å². The van der Waals surface area contributed by atoms with Crippen molar-refractivity contribution in [2.45, 2.75) is 18.9 Å². The summed E-state index contributed by atoms with van der Waals surface area (Å²) < 4.78 is 5.16. The molecule has 0 aliphatic carbocycles. The Morgan fingerprint density at radius 2 is 1.92 bits per heavy atom. The molecule has 2 atom stereocenters. The lowest BCUT2D eigenvalue weighted by Gasteiger charge is -2.38. The highest BCUT2D eigenvalue weighted by Crippen LogP contribution is 2.36. The molecule has 1 aromatic carbocycles. The molecule has 0 saturated carbocycles. The number of rotatable bonds is 5. The van der Waals surface area contributed by atoms with Crippen LogP contribution in [0.15, 0.2) is 24.3 Å². The first kappa shape index (κ1) is 18.8. The second kappa shape index (κ2) is 8.00. The summed E-state index contributed by atoms with van der Waals surface area (Å²) in [5.41, 5.74) is 0.871. The molecule has 1 N–H and O–H groups in total. The maximum Gasteiger partial charge on any atom is 0.241 e. The zero-order valence-corrected chi connectivity index (χ0v) is 15.1. The van der Waals surface area contributed by atoms with Gasteiger partial charge in [0.1, 0.15) is 5.75 Å². The van der Waals surface area contributed by atoms with E-state index in [0.717, 1.165) is 5.56 Å². The van der Waals surface area contributed by atoms with Crippen molar-refractivity contribution in [1.29, 1.82) is 0 Å². The number of carbonyl (C=O) groups is 3. The van der Waals surface area contributed by atoms with Crippen molar-refractivity contribution in [2.75, 3.05) is 34.8 Å². The van der Waals surface area contributed by atoms with Crippen LogP contribution in [0.4, 0.5) is 0 Å². The molecule has 1 fully saturated rings. The van der Waals surface area contributed by atoms with Crippen LogP contribution in [-0.2, 0) is 14.4 Å². The minimum atomic E-state index is -0.397. The summed E-state index contributed by atoms with van der Waals surface area (Å²) in [4.78, 5) is 39.5. The zero-order valence-electron chi connectivity index (χ0n) is 15.1. The van der Waals surface area contributed by atoms with Crippen molar-refractivity contribution in [3.8, 4) is 5.75 Å². The number of nitrogens with zero attached hydrogens (tertiary/aromatic N) is 2. The molecule has 0 aromatic heterocycles. The standard InChI is InChI=1S/C18H25N3O4/c1-20(2)16(23)11-19-18(24)14-9-10-15(22)21(3)17(14)12-5-7-13(25-4)8-6-12/h5-8,14,17H,9-11H2,1-4H3,(H,19,24)/t14-,17+/m1/s1. The molecule has 0 spiro atoms. The van der Waals surface area contributed by atoms with E-state index in [0.29, 0.717) is 18.6 Å². The average Bonchev–Trinajstić information content (AvgIpc) is 2.61. The Kier molecular flexibility index (Phi) is 6.01. The SMILES string of the molecule is COc1ccc([C@H]2[C@H](C(=O)NCC(=O)N(C)C)CCC(=O)N2C)cc1. The first-order valence-electron chi connectivity index (χ1n) is 8.22. The number of hydrogen-bond acceptors (Lipinski definition) is 4. The number of benzene rings is 1. The van der Waals surface area contributed by atoms with Crippen LogP contribution in [0.5, 0.6) is 5.75 Å². The Hall–Kier alpha value is -2.57. The molecule has 1 aromatic rings. The summed E-state index contributed by atoms with van der Waals surface area (Å²) >= 11 is 0. The first-order valence-corrected chi connectivity index (χ1v) is 8.22. The monoisotopic (exact) mass is 347 g/mol. The molecule has 1 aliphatic heterocycles. The minimum Gasteiger partial charge on any atom is -0.497 e. The van der Waals surface area contributed by atoms with Gasteiger partial charge in [-0.25, -0.2) is 0 Å². The maximum atomic E-state index is 12.6. The fraction of sp³-hybridized carbons (Fsp3) is 0.500. The Morgan fingerprint density at radius 1 is 1.28 bits per heavy atom. The van der Waals surface area contributed by atoms with Crippen LogP contribution in [0, 0.1) is 5.92 Å². The van der Waals surface area contributed by atoms with E-state index in [9.17, 15) is 14.4 Å². The van der Waals surface area contributed by atoms with Crippen molar-refractivity contribution in [3.63, 3.8) is 0 Å². The van der Waals surface area contributed by atoms with Gasteiger partial charge in [0.25, 0.3) is 0 Å². The van der Waals surface area contributed by atoms with Gasteiger partial charge in [-0.05, 0) is 24.1 Å². The van der Waals surface area contributed by atoms with E-state index >= 15 is 0 Å². The number of hydrogen-bond donors (Lipinski definition) is 1. The molecular weight excluding hydrogens is 322 g/mol. The normalized spacial score (nSPS) is 20.2. The lowest BCUT2D eigenvalue weighted by Crippen LogP contribution is -2.47. The topological polar surface area (TPSA) is 79.0 Å². The number of ether oxygens (including phenoxy) is 1. The number of nitrogens with one attached hydrogen (secondary N) is 1. The summed E-state index contributed by atoms with van der Waals surface area (Å²) in [6, 6.07) is 6.99. The molecule has 0 radical (unpaired) electrons. The van der Waals surface area contributed by atoms with Crippen LogP contribution >= 0.6 is 0 Å². The van der Waals surface area contributed by atoms with Gasteiger partial charge in [0.2, 0.25) is 17.7 Å². The minimum absolute atomic E-state index is 0.00855. The van der Waals surface area contributed by atoms with Crippen LogP contribution < -0.4 is 10.1 Å². The van der Waals surface area contributed by atoms with Gasteiger partial charge in [-0.2, -0.15) is 0 Å². The average molecular weight is 347 g/mol. The molecule has 1 saturated heterocycles. The lowest BCUT2D eigenvalue weighted by atomic mass is 9.84. The highest BCUT2D eigenvalue weighted by atomic mass is 16.5. The smallest absolute Gasteiger partial charge is 0.241 e. The number of amides is 3. The van der Waals surface area contributed by atoms with E-state index in [4.69, 9.17) is 4.74 Å². The van der Waals surface area contributed by atoms with Crippen molar-refractivity contribution in [2.24, 2.45) is 5.92 Å². The first-order chi connectivity index (χ1) is 11.8. The van der Waals surface area contributed by atoms with E-state index in [2.05, 4.69) is 5.32 Å². The van der Waals surface area contributed by atoms with Gasteiger partial charge >= 0.3 is 0 Å². The number of methoxy groups -OCH3 is 1. The largest absolute Gasteiger partial charge is 0.497 e. The summed E-state index contributed by atoms with van der Waals surface area (Å²) in [6.45, 7) is -0.0463. The Labute approximate surface area is 147 Å². The van der Waals surface area contributed by atoms with Gasteiger partial charge in [-0.3, -0.25) is 14.4 Å². The van der Waals surface area contributed by atoms with Crippen LogP contribution in [-0.4, -0.2) is 62.3 Å². The molecule has 1 aliphatic rings. The third kappa shape index (κ3) is 4.29. The predicted molar refractivity (Wildman–Crippen MR) is 92.9 cm³/mol. The molecule has 0 unspecified atom stereocenters. The molecule has 7 heteroatoms. The number of piperidine rings is 1. The number of likely N-dealkylation sites (N-methyl/N-ethyl adjacent to an activating group) is 1. The Balaban J connectivity index is 2.19. The van der Waals surface area contributed by atoms with Gasteiger partial charge in [-0.1, -0.05) is 12.1 Å². The van der Waals surface area contributed by atoms with Crippen LogP contribution in [0.2, 0.25) is 0 Å². The third-order valence-electron chi connectivity index (χ3n) is 4.57. The maximum absolute atomic E-state index is 12.6. The summed E-state index contributed by atoms with van der Waals surface area (Å²) in [6.07, 6.45) is 0.782. The van der Waals surface area contributed by atoms with Crippen LogP contribution in [0.3, 0.4) is 0 Å². The van der Waals surface area contributed by atoms with E-state index in [-0.39, 0.29) is 30.3 Å². The van der Waals surface area contributed by atoms with Gasteiger partial charge < -0.3 is 19.9 Å². The van der Waals surface area contributed by atoms with Gasteiger partial charge in [0.05, 0.1) is 25.6 Å². The van der Waals surface area contributed by atoms with E-state index in [1.54, 1.807) is 33.2 Å². The van der Waals surface area contributed by atoms with Crippen molar-refractivity contribution >= 4 is 17.7 Å². The molecule has 136 valence electrons. The van der Waals surface area contributed by atoms with Crippen LogP contribution in [0.1, 0.15) is 24.4 Å². The number of likely N-dealkylation sites (tertiary alicyclic amines) is 1. The number of carbonyl (C=O) groups excluding carboxylic acids is 3. The molecule has 25 heavy (non-hydrogen) atoms. The molecule has 7 nitrogen and oxygen atoms in total. The summed E-state index contributed by atoms with van der Waals surface area (Å²) in [5.74, 6) is -0.0589. The molecular formula is C18H25N3O4. The molecule has 1 heterocycles. The highest BCUT2D eigenvalue weighted by molar-refractivity contribution is 5.88. The van der Waals surface area contributed by atoms with Crippen molar-refractivity contribution in [1.82, 2.24) is 15.1 Å². The fourth-order valence-corrected chi connectivity index (χ4v) is 3.02. The highest BCUT2D eigenvalue weighted by Gasteiger charge is 2.38. The van der Waals surface area contributed by atoms with Gasteiger partial charge in [0, 0.05) is 27.6 Å². The Morgan fingerprint density at radius 3 is 2.48 bits per heavy atom. The van der Waals surface area contributed by atoms with Crippen LogP contribution in [0.25, 0.3) is 0 Å². The van der Waals surface area contributed by atoms with E-state index in [1.165, 1.54) is 4.90 Å². The quantitative estimate of drug-likeness (QED) is 0.855. The van der Waals surface area contributed by atoms with E-state index in [1.807, 2.05) is 24.3 Å². The third-order valence-corrected chi connectivity index (χ3v) is 4.57. The van der Waals surface area contributed by atoms with Crippen molar-refractivity contribution in [3.05, 3.63) is 29.8 Å². The van der Waals surface area contributed by atoms with E-state index < -0.39 is 5.92 Å². The van der Waals surface area contributed by atoms with Crippen molar-refractivity contribution < 1.29 is 19.1 Å². The Bertz CT molecular complexity index is 642. The molecule has 0 bridgehead atoms. The predicted octanol–water partition coefficient (Wildman–Crippen LogP) is 0.809. The molecule has 3 amide bonds. The fourth-order valence-electron chi connectivity index (χ4n) is 3.02. The second-order valence-corrected chi connectivity index (χ2v) is 6.37. The second-order valence-electron chi connectivity index (χ2n) is 6.37. The summed E-state index contributed by atoms with van der Waals surface area (Å²) in [7, 11) is 6.58. The lowest BCUT2D eigenvalue weighted by molar-refractivity contribution is -0.142. The van der Waals surface area contributed by atoms with Gasteiger partial charge in [0.15, 0.2) is 0 Å². The zero-order chi connectivity index (χ0) is 18.6. The molecule has 2 rings (SSSR count).